The summed E-state index contributed by atoms with van der Waals surface area (Å²) >= 11 is 8.73. The fraction of sp³-hybridized carbons (Fsp3) is 0. The lowest BCUT2D eigenvalue weighted by Crippen LogP contribution is -2.11. The van der Waals surface area contributed by atoms with Crippen molar-refractivity contribution in [3.05, 3.63) is 39.5 Å². The highest BCUT2D eigenvalue weighted by atomic mass is 79.9. The van der Waals surface area contributed by atoms with Crippen LogP contribution in [0.2, 0.25) is 5.02 Å². The Hall–Kier alpha value is -1.51. The van der Waals surface area contributed by atoms with Crippen LogP contribution in [-0.4, -0.2) is 9.97 Å². The number of hydrogen-bond acceptors (Lipinski definition) is 5. The van der Waals surface area contributed by atoms with E-state index in [9.17, 15) is 8.78 Å². The molecule has 0 atom stereocenters. The van der Waals surface area contributed by atoms with Gasteiger partial charge in [0.1, 0.15) is 16.7 Å². The molecule has 1 aromatic carbocycles. The first-order chi connectivity index (χ1) is 9.01. The molecule has 19 heavy (non-hydrogen) atoms. The van der Waals surface area contributed by atoms with Crippen molar-refractivity contribution in [3.63, 3.8) is 0 Å². The molecule has 0 saturated heterocycles. The SMILES string of the molecule is NNc1ncc(Cl)c(Nc2cc(F)c(Br)cc2F)n1. The van der Waals surface area contributed by atoms with Crippen LogP contribution in [0.15, 0.2) is 22.8 Å². The number of halogens is 4. The van der Waals surface area contributed by atoms with E-state index >= 15 is 0 Å². The fourth-order valence-corrected chi connectivity index (χ4v) is 1.72. The monoisotopic (exact) mass is 349 g/mol. The summed E-state index contributed by atoms with van der Waals surface area (Å²) in [6.45, 7) is 0. The van der Waals surface area contributed by atoms with Crippen LogP contribution in [0.5, 0.6) is 0 Å². The summed E-state index contributed by atoms with van der Waals surface area (Å²) in [5.41, 5.74) is 2.11. The summed E-state index contributed by atoms with van der Waals surface area (Å²) < 4.78 is 27.0. The highest BCUT2D eigenvalue weighted by Crippen LogP contribution is 2.28. The maximum atomic E-state index is 13.6. The molecule has 0 aliphatic carbocycles. The highest BCUT2D eigenvalue weighted by Gasteiger charge is 2.11. The minimum absolute atomic E-state index is 0.0219. The molecule has 0 spiro atoms. The summed E-state index contributed by atoms with van der Waals surface area (Å²) in [6.07, 6.45) is 1.28. The Morgan fingerprint density at radius 1 is 1.26 bits per heavy atom. The number of nitrogens with two attached hydrogens (primary N) is 1. The van der Waals surface area contributed by atoms with Crippen molar-refractivity contribution in [2.75, 3.05) is 10.7 Å². The smallest absolute Gasteiger partial charge is 0.239 e. The van der Waals surface area contributed by atoms with Crippen LogP contribution in [0.4, 0.5) is 26.2 Å². The number of anilines is 3. The Labute approximate surface area is 120 Å². The van der Waals surface area contributed by atoms with E-state index in [0.717, 1.165) is 12.1 Å². The molecule has 4 N–H and O–H groups in total. The van der Waals surface area contributed by atoms with Crippen molar-refractivity contribution in [1.29, 1.82) is 0 Å². The third kappa shape index (κ3) is 3.09. The van der Waals surface area contributed by atoms with Crippen LogP contribution in [0, 0.1) is 11.6 Å². The molecule has 2 aromatic rings. The second-order valence-electron chi connectivity index (χ2n) is 3.41. The van der Waals surface area contributed by atoms with Gasteiger partial charge in [-0.15, -0.1) is 0 Å². The van der Waals surface area contributed by atoms with Crippen LogP contribution in [0.1, 0.15) is 0 Å². The van der Waals surface area contributed by atoms with Crippen LogP contribution in [0.25, 0.3) is 0 Å². The first-order valence-corrected chi connectivity index (χ1v) is 6.09. The van der Waals surface area contributed by atoms with Crippen LogP contribution < -0.4 is 16.6 Å². The molecular weight excluding hydrogens is 343 g/mol. The van der Waals surface area contributed by atoms with Gasteiger partial charge in [0, 0.05) is 6.07 Å². The Balaban J connectivity index is 2.38. The predicted octanol–water partition coefficient (Wildman–Crippen LogP) is 3.20. The summed E-state index contributed by atoms with van der Waals surface area (Å²) in [4.78, 5) is 7.65. The number of nitrogens with one attached hydrogen (secondary N) is 2. The zero-order valence-corrected chi connectivity index (χ0v) is 11.6. The molecule has 100 valence electrons. The van der Waals surface area contributed by atoms with E-state index in [1.165, 1.54) is 6.20 Å². The zero-order valence-electron chi connectivity index (χ0n) is 9.22. The third-order valence-corrected chi connectivity index (χ3v) is 3.02. The van der Waals surface area contributed by atoms with Crippen LogP contribution in [0.3, 0.4) is 0 Å². The molecule has 5 nitrogen and oxygen atoms in total. The van der Waals surface area contributed by atoms with E-state index in [4.69, 9.17) is 17.4 Å². The second-order valence-corrected chi connectivity index (χ2v) is 4.67. The number of hydrogen-bond donors (Lipinski definition) is 3. The van der Waals surface area contributed by atoms with Gasteiger partial charge in [-0.3, -0.25) is 5.43 Å². The maximum absolute atomic E-state index is 13.6. The first-order valence-electron chi connectivity index (χ1n) is 4.92. The zero-order chi connectivity index (χ0) is 14.0. The lowest BCUT2D eigenvalue weighted by molar-refractivity contribution is 0.597. The number of rotatable bonds is 3. The molecule has 2 rings (SSSR count). The Morgan fingerprint density at radius 3 is 2.68 bits per heavy atom. The molecule has 0 bridgehead atoms. The number of benzene rings is 1. The largest absolute Gasteiger partial charge is 0.336 e. The van der Waals surface area contributed by atoms with Gasteiger partial charge in [-0.2, -0.15) is 4.98 Å². The molecule has 1 heterocycles. The fourth-order valence-electron chi connectivity index (χ4n) is 1.27. The van der Waals surface area contributed by atoms with Crippen LogP contribution >= 0.6 is 27.5 Å². The van der Waals surface area contributed by atoms with E-state index in [2.05, 4.69) is 36.6 Å². The van der Waals surface area contributed by atoms with Gasteiger partial charge in [0.05, 0.1) is 16.4 Å². The molecule has 0 aliphatic heterocycles. The summed E-state index contributed by atoms with van der Waals surface area (Å²) in [7, 11) is 0. The highest BCUT2D eigenvalue weighted by molar-refractivity contribution is 9.10. The Morgan fingerprint density at radius 2 is 2.00 bits per heavy atom. The normalized spacial score (nSPS) is 10.4. The van der Waals surface area contributed by atoms with Gasteiger partial charge < -0.3 is 5.32 Å². The van der Waals surface area contributed by atoms with E-state index in [1.54, 1.807) is 0 Å². The number of hydrazine groups is 1. The molecule has 0 unspecified atom stereocenters. The van der Waals surface area contributed by atoms with Gasteiger partial charge >= 0.3 is 0 Å². The third-order valence-electron chi connectivity index (χ3n) is 2.14. The van der Waals surface area contributed by atoms with Crippen molar-refractivity contribution < 1.29 is 8.78 Å². The van der Waals surface area contributed by atoms with Crippen molar-refractivity contribution in [3.8, 4) is 0 Å². The molecule has 0 radical (unpaired) electrons. The lowest BCUT2D eigenvalue weighted by atomic mass is 10.3. The van der Waals surface area contributed by atoms with Gasteiger partial charge in [-0.05, 0) is 22.0 Å². The van der Waals surface area contributed by atoms with Crippen molar-refractivity contribution >= 4 is 45.0 Å². The second kappa shape index (κ2) is 5.64. The van der Waals surface area contributed by atoms with E-state index in [0.29, 0.717) is 0 Å². The standard InChI is InChI=1S/C10H7BrClF2N5/c11-4-1-7(14)8(2-6(4)13)17-9-5(12)3-16-10(18-9)19-15/h1-3H,15H2,(H2,16,17,18,19). The Kier molecular flexibility index (Phi) is 4.13. The summed E-state index contributed by atoms with van der Waals surface area (Å²) in [6, 6.07) is 1.97. The van der Waals surface area contributed by atoms with Crippen molar-refractivity contribution in [2.45, 2.75) is 0 Å². The lowest BCUT2D eigenvalue weighted by Gasteiger charge is -2.10. The summed E-state index contributed by atoms with van der Waals surface area (Å²) in [5, 5.41) is 2.71. The van der Waals surface area contributed by atoms with Gasteiger partial charge in [0.25, 0.3) is 0 Å². The number of nitrogen functional groups attached to an aromatic ring is 1. The number of nitrogens with zero attached hydrogens (tertiary/aromatic N) is 2. The van der Waals surface area contributed by atoms with Gasteiger partial charge in [0.15, 0.2) is 5.82 Å². The van der Waals surface area contributed by atoms with E-state index in [-0.39, 0.29) is 26.9 Å². The van der Waals surface area contributed by atoms with Crippen LogP contribution in [-0.2, 0) is 0 Å². The molecular formula is C10H7BrClF2N5. The minimum Gasteiger partial charge on any atom is -0.336 e. The van der Waals surface area contributed by atoms with E-state index in [1.807, 2.05) is 0 Å². The summed E-state index contributed by atoms with van der Waals surface area (Å²) in [5.74, 6) is 4.06. The Bertz CT molecular complexity index is 625. The molecule has 9 heteroatoms. The quantitative estimate of drug-likeness (QED) is 0.450. The number of aromatic nitrogens is 2. The molecule has 1 aromatic heterocycles. The van der Waals surface area contributed by atoms with Gasteiger partial charge in [0.2, 0.25) is 5.95 Å². The van der Waals surface area contributed by atoms with E-state index < -0.39 is 11.6 Å². The molecule has 0 saturated carbocycles. The van der Waals surface area contributed by atoms with Crippen molar-refractivity contribution in [1.82, 2.24) is 9.97 Å². The average Bonchev–Trinajstić information content (AvgIpc) is 2.38. The molecule has 0 aliphatic rings. The van der Waals surface area contributed by atoms with Gasteiger partial charge in [-0.25, -0.2) is 19.6 Å². The van der Waals surface area contributed by atoms with Gasteiger partial charge in [-0.1, -0.05) is 11.6 Å². The topological polar surface area (TPSA) is 75.9 Å². The molecule has 0 amide bonds. The predicted molar refractivity (Wildman–Crippen MR) is 72.2 cm³/mol. The first kappa shape index (κ1) is 13.9. The molecule has 0 fully saturated rings. The van der Waals surface area contributed by atoms with Crippen molar-refractivity contribution in [2.24, 2.45) is 5.84 Å². The average molecular weight is 351 g/mol. The maximum Gasteiger partial charge on any atom is 0.239 e. The minimum atomic E-state index is -0.662.